The number of fused-ring (bicyclic) bond motifs is 1. The van der Waals surface area contributed by atoms with E-state index >= 15 is 0 Å². The van der Waals surface area contributed by atoms with Crippen LogP contribution >= 0.6 is 11.8 Å². The maximum Gasteiger partial charge on any atom is 0.257 e. The van der Waals surface area contributed by atoms with Gasteiger partial charge in [0.15, 0.2) is 5.65 Å². The van der Waals surface area contributed by atoms with Crippen molar-refractivity contribution in [1.29, 1.82) is 0 Å². The number of benzene rings is 1. The number of H-pyrrole nitrogens is 1. The molecule has 7 heteroatoms. The highest BCUT2D eigenvalue weighted by Gasteiger charge is 2.24. The Bertz CT molecular complexity index is 936. The van der Waals surface area contributed by atoms with Crippen molar-refractivity contribution in [2.24, 2.45) is 0 Å². The van der Waals surface area contributed by atoms with Gasteiger partial charge in [-0.15, -0.1) is 0 Å². The number of nitrogens with zero attached hydrogens (tertiary/aromatic N) is 3. The first kappa shape index (κ1) is 18.8. The Morgan fingerprint density at radius 3 is 2.79 bits per heavy atom. The number of hydrogen-bond donors (Lipinski definition) is 2. The highest BCUT2D eigenvalue weighted by Crippen LogP contribution is 2.29. The number of nitrogens with one attached hydrogen (secondary N) is 2. The van der Waals surface area contributed by atoms with E-state index in [9.17, 15) is 4.79 Å². The summed E-state index contributed by atoms with van der Waals surface area (Å²) in [5.41, 5.74) is 3.29. The van der Waals surface area contributed by atoms with E-state index in [1.807, 2.05) is 53.9 Å². The monoisotopic (exact) mass is 395 g/mol. The molecule has 1 aliphatic rings. The van der Waals surface area contributed by atoms with Crippen LogP contribution in [0.5, 0.6) is 0 Å². The Labute approximate surface area is 169 Å². The van der Waals surface area contributed by atoms with Gasteiger partial charge in [0.05, 0.1) is 22.8 Å². The lowest BCUT2D eigenvalue weighted by Gasteiger charge is -2.27. The summed E-state index contributed by atoms with van der Waals surface area (Å²) in [5, 5.41) is 11.6. The molecule has 1 aromatic carbocycles. The van der Waals surface area contributed by atoms with Gasteiger partial charge in [-0.05, 0) is 36.8 Å². The molecule has 28 heavy (non-hydrogen) atoms. The number of amides is 1. The Balaban J connectivity index is 1.65. The number of hydrogen-bond acceptors (Lipinski definition) is 5. The summed E-state index contributed by atoms with van der Waals surface area (Å²) in [5.74, 6) is 2.29. The van der Waals surface area contributed by atoms with E-state index in [4.69, 9.17) is 0 Å². The molecule has 0 unspecified atom stereocenters. The SMILES string of the molecule is CCN(Cc1ccccc1)C(=O)c1cnc2[nH]ncc2c1NC1CCSCC1. The maximum atomic E-state index is 13.4. The molecule has 3 heterocycles. The minimum atomic E-state index is -0.00497. The predicted molar refractivity (Wildman–Crippen MR) is 115 cm³/mol. The van der Waals surface area contributed by atoms with Crippen LogP contribution in [0, 0.1) is 0 Å². The van der Waals surface area contributed by atoms with E-state index in [-0.39, 0.29) is 5.91 Å². The van der Waals surface area contributed by atoms with E-state index < -0.39 is 0 Å². The van der Waals surface area contributed by atoms with Gasteiger partial charge in [0.2, 0.25) is 0 Å². The smallest absolute Gasteiger partial charge is 0.257 e. The molecule has 0 atom stereocenters. The van der Waals surface area contributed by atoms with Crippen LogP contribution in [0.15, 0.2) is 42.7 Å². The summed E-state index contributed by atoms with van der Waals surface area (Å²) >= 11 is 1.99. The summed E-state index contributed by atoms with van der Waals surface area (Å²) < 4.78 is 0. The highest BCUT2D eigenvalue weighted by atomic mass is 32.2. The topological polar surface area (TPSA) is 73.9 Å². The Kier molecular flexibility index (Phi) is 5.81. The first-order valence-corrected chi connectivity index (χ1v) is 10.9. The van der Waals surface area contributed by atoms with Crippen LogP contribution in [0.4, 0.5) is 5.69 Å². The molecule has 146 valence electrons. The van der Waals surface area contributed by atoms with Gasteiger partial charge in [0, 0.05) is 25.3 Å². The highest BCUT2D eigenvalue weighted by molar-refractivity contribution is 7.99. The van der Waals surface area contributed by atoms with Crippen molar-refractivity contribution in [1.82, 2.24) is 20.1 Å². The van der Waals surface area contributed by atoms with Crippen LogP contribution in [0.3, 0.4) is 0 Å². The van der Waals surface area contributed by atoms with Crippen LogP contribution in [-0.2, 0) is 6.54 Å². The van der Waals surface area contributed by atoms with Gasteiger partial charge in [-0.25, -0.2) is 4.98 Å². The van der Waals surface area contributed by atoms with E-state index in [2.05, 4.69) is 20.5 Å². The molecular formula is C21H25N5OS. The Morgan fingerprint density at radius 2 is 2.04 bits per heavy atom. The molecule has 2 N–H and O–H groups in total. The van der Waals surface area contributed by atoms with Gasteiger partial charge in [-0.3, -0.25) is 9.89 Å². The van der Waals surface area contributed by atoms with Crippen molar-refractivity contribution >= 4 is 34.4 Å². The molecule has 1 saturated heterocycles. The lowest BCUT2D eigenvalue weighted by Crippen LogP contribution is -2.32. The minimum absolute atomic E-state index is 0.00497. The average Bonchev–Trinajstić information content (AvgIpc) is 3.23. The summed E-state index contributed by atoms with van der Waals surface area (Å²) in [7, 11) is 0. The average molecular weight is 396 g/mol. The summed E-state index contributed by atoms with van der Waals surface area (Å²) in [6.07, 6.45) is 5.63. The molecule has 1 amide bonds. The lowest BCUT2D eigenvalue weighted by atomic mass is 10.1. The maximum absolute atomic E-state index is 13.4. The largest absolute Gasteiger partial charge is 0.381 e. The standard InChI is InChI=1S/C21H25N5OS/c1-2-26(14-15-6-4-3-5-7-15)21(27)18-12-22-20-17(13-23-25-20)19(18)24-16-8-10-28-11-9-16/h3-7,12-13,16H,2,8-11,14H2,1H3,(H2,22,23,24,25). The fraction of sp³-hybridized carbons (Fsp3) is 0.381. The first-order chi connectivity index (χ1) is 13.8. The van der Waals surface area contributed by atoms with E-state index in [1.165, 1.54) is 0 Å². The number of carbonyl (C=O) groups is 1. The van der Waals surface area contributed by atoms with E-state index in [0.29, 0.717) is 30.3 Å². The second-order valence-corrected chi connectivity index (χ2v) is 8.24. The number of thioether (sulfide) groups is 1. The normalized spacial score (nSPS) is 14.9. The molecule has 4 rings (SSSR count). The summed E-state index contributed by atoms with van der Waals surface area (Å²) in [4.78, 5) is 19.7. The summed E-state index contributed by atoms with van der Waals surface area (Å²) in [6.45, 7) is 3.23. The van der Waals surface area contributed by atoms with Crippen LogP contribution in [0.2, 0.25) is 0 Å². The minimum Gasteiger partial charge on any atom is -0.381 e. The number of carbonyl (C=O) groups excluding carboxylic acids is 1. The molecule has 0 saturated carbocycles. The number of aromatic amines is 1. The number of pyridine rings is 1. The zero-order valence-electron chi connectivity index (χ0n) is 16.0. The van der Waals surface area contributed by atoms with Crippen LogP contribution in [0.1, 0.15) is 35.7 Å². The van der Waals surface area contributed by atoms with E-state index in [1.54, 1.807) is 12.4 Å². The molecule has 6 nitrogen and oxygen atoms in total. The molecule has 0 aliphatic carbocycles. The molecule has 0 bridgehead atoms. The van der Waals surface area contributed by atoms with E-state index in [0.717, 1.165) is 41.0 Å². The second kappa shape index (κ2) is 8.65. The quantitative estimate of drug-likeness (QED) is 0.662. The van der Waals surface area contributed by atoms with Gasteiger partial charge in [0.1, 0.15) is 0 Å². The third-order valence-electron chi connectivity index (χ3n) is 5.17. The van der Waals surface area contributed by atoms with Crippen molar-refractivity contribution in [3.05, 3.63) is 53.9 Å². The van der Waals surface area contributed by atoms with Crippen molar-refractivity contribution < 1.29 is 4.79 Å². The summed E-state index contributed by atoms with van der Waals surface area (Å²) in [6, 6.07) is 10.5. The van der Waals surface area contributed by atoms with Gasteiger partial charge in [-0.1, -0.05) is 30.3 Å². The van der Waals surface area contributed by atoms with Crippen molar-refractivity contribution in [3.63, 3.8) is 0 Å². The van der Waals surface area contributed by atoms with Gasteiger partial charge in [0.25, 0.3) is 5.91 Å². The van der Waals surface area contributed by atoms with Gasteiger partial charge < -0.3 is 10.2 Å². The van der Waals surface area contributed by atoms with Crippen molar-refractivity contribution in [3.8, 4) is 0 Å². The van der Waals surface area contributed by atoms with Crippen LogP contribution in [0.25, 0.3) is 11.0 Å². The lowest BCUT2D eigenvalue weighted by molar-refractivity contribution is 0.0753. The second-order valence-electron chi connectivity index (χ2n) is 7.02. The molecule has 0 radical (unpaired) electrons. The first-order valence-electron chi connectivity index (χ1n) is 9.76. The molecule has 1 aliphatic heterocycles. The van der Waals surface area contributed by atoms with Gasteiger partial charge in [-0.2, -0.15) is 16.9 Å². The van der Waals surface area contributed by atoms with Gasteiger partial charge >= 0.3 is 0 Å². The molecule has 2 aromatic heterocycles. The Morgan fingerprint density at radius 1 is 1.25 bits per heavy atom. The molecule has 3 aromatic rings. The zero-order chi connectivity index (χ0) is 19.3. The molecular weight excluding hydrogens is 370 g/mol. The third kappa shape index (κ3) is 3.99. The van der Waals surface area contributed by atoms with Crippen molar-refractivity contribution in [2.45, 2.75) is 32.4 Å². The number of anilines is 1. The zero-order valence-corrected chi connectivity index (χ0v) is 16.8. The fourth-order valence-electron chi connectivity index (χ4n) is 3.56. The molecule has 1 fully saturated rings. The van der Waals surface area contributed by atoms with Crippen LogP contribution in [-0.4, -0.2) is 50.1 Å². The number of rotatable bonds is 6. The predicted octanol–water partition coefficient (Wildman–Crippen LogP) is 3.93. The molecule has 0 spiro atoms. The number of aromatic nitrogens is 3. The Hall–Kier alpha value is -2.54. The fourth-order valence-corrected chi connectivity index (χ4v) is 4.67. The third-order valence-corrected chi connectivity index (χ3v) is 6.21. The van der Waals surface area contributed by atoms with Crippen LogP contribution < -0.4 is 5.32 Å². The van der Waals surface area contributed by atoms with Crippen molar-refractivity contribution in [2.75, 3.05) is 23.4 Å².